The molecule has 0 aliphatic rings. The lowest BCUT2D eigenvalue weighted by Crippen LogP contribution is -2.17. The van der Waals surface area contributed by atoms with E-state index in [4.69, 9.17) is 14.6 Å². The second kappa shape index (κ2) is 9.44. The predicted molar refractivity (Wildman–Crippen MR) is 80.0 cm³/mol. The van der Waals surface area contributed by atoms with Gasteiger partial charge < -0.3 is 19.9 Å². The van der Waals surface area contributed by atoms with Crippen LogP contribution in [0, 0.1) is 0 Å². The molecule has 5 nitrogen and oxygen atoms in total. The summed E-state index contributed by atoms with van der Waals surface area (Å²) in [6.45, 7) is 4.97. The second-order valence-electron chi connectivity index (χ2n) is 4.47. The van der Waals surface area contributed by atoms with E-state index < -0.39 is 5.97 Å². The number of halogens is 1. The molecule has 20 heavy (non-hydrogen) atoms. The van der Waals surface area contributed by atoms with Gasteiger partial charge in [0.1, 0.15) is 0 Å². The number of hydrogen-bond acceptors (Lipinski definition) is 4. The van der Waals surface area contributed by atoms with E-state index in [1.165, 1.54) is 0 Å². The average molecular weight is 304 g/mol. The molecule has 0 unspecified atom stereocenters. The Morgan fingerprint density at radius 3 is 2.60 bits per heavy atom. The zero-order valence-corrected chi connectivity index (χ0v) is 12.8. The molecule has 0 radical (unpaired) electrons. The quantitative estimate of drug-likeness (QED) is 0.722. The van der Waals surface area contributed by atoms with Crippen molar-refractivity contribution in [3.8, 4) is 11.5 Å². The van der Waals surface area contributed by atoms with Crippen LogP contribution in [0.5, 0.6) is 11.5 Å². The van der Waals surface area contributed by atoms with E-state index in [-0.39, 0.29) is 24.9 Å². The Balaban J connectivity index is 0.00000361. The van der Waals surface area contributed by atoms with Crippen LogP contribution in [0.2, 0.25) is 0 Å². The molecular formula is C14H22ClNO4. The van der Waals surface area contributed by atoms with Gasteiger partial charge >= 0.3 is 5.97 Å². The number of aliphatic carboxylic acids is 1. The Labute approximate surface area is 125 Å². The van der Waals surface area contributed by atoms with E-state index in [0.29, 0.717) is 24.6 Å². The maximum atomic E-state index is 10.4. The van der Waals surface area contributed by atoms with E-state index in [9.17, 15) is 4.79 Å². The highest BCUT2D eigenvalue weighted by molar-refractivity contribution is 5.85. The van der Waals surface area contributed by atoms with Crippen molar-refractivity contribution in [2.75, 3.05) is 13.7 Å². The number of methoxy groups -OCH3 is 1. The van der Waals surface area contributed by atoms with Gasteiger partial charge in [-0.25, -0.2) is 0 Å². The van der Waals surface area contributed by atoms with Crippen molar-refractivity contribution in [3.63, 3.8) is 0 Å². The topological polar surface area (TPSA) is 67.8 Å². The summed E-state index contributed by atoms with van der Waals surface area (Å²) in [6, 6.07) is 5.70. The van der Waals surface area contributed by atoms with Crippen molar-refractivity contribution in [2.24, 2.45) is 0 Å². The molecule has 0 bridgehead atoms. The number of carboxylic acids is 1. The fourth-order valence-corrected chi connectivity index (χ4v) is 1.60. The SMILES string of the molecule is COc1cc(CNCCC(=O)O)ccc1OC(C)C.Cl. The van der Waals surface area contributed by atoms with E-state index in [1.807, 2.05) is 32.0 Å². The number of rotatable bonds is 8. The minimum Gasteiger partial charge on any atom is -0.493 e. The van der Waals surface area contributed by atoms with E-state index in [0.717, 1.165) is 5.56 Å². The largest absolute Gasteiger partial charge is 0.493 e. The molecule has 114 valence electrons. The van der Waals surface area contributed by atoms with Crippen LogP contribution in [0.25, 0.3) is 0 Å². The summed E-state index contributed by atoms with van der Waals surface area (Å²) in [5.41, 5.74) is 1.03. The van der Waals surface area contributed by atoms with E-state index in [2.05, 4.69) is 5.32 Å². The molecule has 0 saturated carbocycles. The molecule has 1 rings (SSSR count). The number of carbonyl (C=O) groups is 1. The van der Waals surface area contributed by atoms with Crippen LogP contribution in [-0.4, -0.2) is 30.8 Å². The third-order valence-electron chi connectivity index (χ3n) is 2.44. The van der Waals surface area contributed by atoms with Gasteiger partial charge in [0, 0.05) is 13.1 Å². The average Bonchev–Trinajstić information content (AvgIpc) is 2.35. The van der Waals surface area contributed by atoms with E-state index in [1.54, 1.807) is 7.11 Å². The summed E-state index contributed by atoms with van der Waals surface area (Å²) in [7, 11) is 1.60. The summed E-state index contributed by atoms with van der Waals surface area (Å²) in [4.78, 5) is 10.4. The fraction of sp³-hybridized carbons (Fsp3) is 0.500. The highest BCUT2D eigenvalue weighted by atomic mass is 35.5. The molecule has 0 aromatic heterocycles. The van der Waals surface area contributed by atoms with Crippen molar-refractivity contribution < 1.29 is 19.4 Å². The van der Waals surface area contributed by atoms with Crippen molar-refractivity contribution in [1.82, 2.24) is 5.32 Å². The number of ether oxygens (including phenoxy) is 2. The van der Waals surface area contributed by atoms with Gasteiger partial charge in [0.15, 0.2) is 11.5 Å². The Morgan fingerprint density at radius 2 is 2.05 bits per heavy atom. The van der Waals surface area contributed by atoms with Crippen LogP contribution in [0.4, 0.5) is 0 Å². The first-order valence-corrected chi connectivity index (χ1v) is 6.29. The van der Waals surface area contributed by atoms with Crippen LogP contribution in [-0.2, 0) is 11.3 Å². The highest BCUT2D eigenvalue weighted by Gasteiger charge is 2.07. The van der Waals surface area contributed by atoms with Gasteiger partial charge in [-0.1, -0.05) is 6.07 Å². The van der Waals surface area contributed by atoms with Crippen LogP contribution in [0.1, 0.15) is 25.8 Å². The second-order valence-corrected chi connectivity index (χ2v) is 4.47. The first-order chi connectivity index (χ1) is 9.02. The van der Waals surface area contributed by atoms with Gasteiger partial charge in [-0.05, 0) is 31.5 Å². The molecule has 0 aliphatic heterocycles. The predicted octanol–water partition coefficient (Wildman–Crippen LogP) is 2.47. The summed E-state index contributed by atoms with van der Waals surface area (Å²) >= 11 is 0. The smallest absolute Gasteiger partial charge is 0.304 e. The first-order valence-electron chi connectivity index (χ1n) is 6.29. The molecule has 2 N–H and O–H groups in total. The fourth-order valence-electron chi connectivity index (χ4n) is 1.60. The lowest BCUT2D eigenvalue weighted by Gasteiger charge is -2.14. The van der Waals surface area contributed by atoms with E-state index >= 15 is 0 Å². The molecule has 0 atom stereocenters. The minimum absolute atomic E-state index is 0. The Kier molecular flexibility index (Phi) is 8.76. The number of nitrogens with one attached hydrogen (secondary N) is 1. The van der Waals surface area contributed by atoms with Crippen molar-refractivity contribution in [2.45, 2.75) is 32.9 Å². The van der Waals surface area contributed by atoms with Crippen LogP contribution in [0.15, 0.2) is 18.2 Å². The van der Waals surface area contributed by atoms with Gasteiger partial charge in [0.2, 0.25) is 0 Å². The zero-order chi connectivity index (χ0) is 14.3. The van der Waals surface area contributed by atoms with Crippen molar-refractivity contribution >= 4 is 18.4 Å². The zero-order valence-electron chi connectivity index (χ0n) is 12.0. The Morgan fingerprint density at radius 1 is 1.35 bits per heavy atom. The van der Waals surface area contributed by atoms with Crippen LogP contribution < -0.4 is 14.8 Å². The van der Waals surface area contributed by atoms with Gasteiger partial charge in [-0.3, -0.25) is 4.79 Å². The highest BCUT2D eigenvalue weighted by Crippen LogP contribution is 2.28. The summed E-state index contributed by atoms with van der Waals surface area (Å²) < 4.78 is 10.9. The lowest BCUT2D eigenvalue weighted by atomic mass is 10.2. The summed E-state index contributed by atoms with van der Waals surface area (Å²) in [5, 5.41) is 11.6. The molecule has 1 aromatic rings. The van der Waals surface area contributed by atoms with Gasteiger partial charge in [0.05, 0.1) is 19.6 Å². The number of hydrogen-bond donors (Lipinski definition) is 2. The maximum absolute atomic E-state index is 10.4. The monoisotopic (exact) mass is 303 g/mol. The van der Waals surface area contributed by atoms with Gasteiger partial charge in [-0.2, -0.15) is 0 Å². The first kappa shape index (κ1) is 18.5. The standard InChI is InChI=1S/C14H21NO4.ClH/c1-10(2)19-12-5-4-11(8-13(12)18-3)9-15-7-6-14(16)17;/h4-5,8,10,15H,6-7,9H2,1-3H3,(H,16,17);1H. The molecule has 0 fully saturated rings. The number of carboxylic acid groups (broad SMARTS) is 1. The molecule has 0 aliphatic carbocycles. The molecule has 6 heteroatoms. The Hall–Kier alpha value is -1.46. The summed E-state index contributed by atoms with van der Waals surface area (Å²) in [5.74, 6) is 0.601. The van der Waals surface area contributed by atoms with Crippen molar-refractivity contribution in [1.29, 1.82) is 0 Å². The van der Waals surface area contributed by atoms with Crippen LogP contribution in [0.3, 0.4) is 0 Å². The number of benzene rings is 1. The minimum atomic E-state index is -0.800. The molecule has 0 saturated heterocycles. The lowest BCUT2D eigenvalue weighted by molar-refractivity contribution is -0.136. The van der Waals surface area contributed by atoms with Gasteiger partial charge in [0.25, 0.3) is 0 Å². The third-order valence-corrected chi connectivity index (χ3v) is 2.44. The van der Waals surface area contributed by atoms with Gasteiger partial charge in [-0.15, -0.1) is 12.4 Å². The normalized spacial score (nSPS) is 10.0. The Bertz CT molecular complexity index is 424. The molecule has 0 spiro atoms. The van der Waals surface area contributed by atoms with Crippen molar-refractivity contribution in [3.05, 3.63) is 23.8 Å². The molecule has 1 aromatic carbocycles. The molecule has 0 amide bonds. The summed E-state index contributed by atoms with van der Waals surface area (Å²) in [6.07, 6.45) is 0.208. The molecule has 0 heterocycles. The van der Waals surface area contributed by atoms with Crippen LogP contribution >= 0.6 is 12.4 Å². The molecular weight excluding hydrogens is 282 g/mol. The maximum Gasteiger partial charge on any atom is 0.304 e. The third kappa shape index (κ3) is 6.63.